The molecule has 0 bridgehead atoms. The molecule has 0 aliphatic rings. The Morgan fingerprint density at radius 2 is 2.22 bits per heavy atom. The number of amides is 1. The molecule has 1 amide bonds. The number of carbonyl (C=O) groups is 1. The molecule has 1 rings (SSSR count). The summed E-state index contributed by atoms with van der Waals surface area (Å²) in [6, 6.07) is 7.22. The summed E-state index contributed by atoms with van der Waals surface area (Å²) >= 11 is 11.8. The second-order valence-electron chi connectivity index (χ2n) is 3.87. The van der Waals surface area contributed by atoms with Crippen LogP contribution in [-0.2, 0) is 11.2 Å². The molecule has 18 heavy (non-hydrogen) atoms. The second kappa shape index (κ2) is 7.25. The normalized spacial score (nSPS) is 11.7. The molecular formula is C13H14Cl2N2O. The van der Waals surface area contributed by atoms with E-state index in [0.29, 0.717) is 29.4 Å². The van der Waals surface area contributed by atoms with Gasteiger partial charge in [0.15, 0.2) is 0 Å². The molecule has 3 nitrogen and oxygen atoms in total. The Balaban J connectivity index is 2.47. The molecule has 0 aromatic heterocycles. The molecule has 1 N–H and O–H groups in total. The van der Waals surface area contributed by atoms with Gasteiger partial charge in [-0.2, -0.15) is 5.26 Å². The predicted octanol–water partition coefficient (Wildman–Crippen LogP) is 3.20. The maximum Gasteiger partial charge on any atom is 0.237 e. The molecule has 0 fully saturated rings. The van der Waals surface area contributed by atoms with E-state index in [1.165, 1.54) is 0 Å². The first-order valence-electron chi connectivity index (χ1n) is 5.69. The largest absolute Gasteiger partial charge is 0.355 e. The highest BCUT2D eigenvalue weighted by molar-refractivity contribution is 6.35. The Morgan fingerprint density at radius 1 is 1.50 bits per heavy atom. The van der Waals surface area contributed by atoms with Crippen molar-refractivity contribution in [2.24, 2.45) is 5.92 Å². The monoisotopic (exact) mass is 284 g/mol. The zero-order valence-electron chi connectivity index (χ0n) is 10.0. The molecular weight excluding hydrogens is 271 g/mol. The van der Waals surface area contributed by atoms with Gasteiger partial charge in [-0.3, -0.25) is 4.79 Å². The fourth-order valence-corrected chi connectivity index (χ4v) is 2.01. The first-order chi connectivity index (χ1) is 8.58. The van der Waals surface area contributed by atoms with E-state index in [9.17, 15) is 4.79 Å². The summed E-state index contributed by atoms with van der Waals surface area (Å²) in [7, 11) is 0. The second-order valence-corrected chi connectivity index (χ2v) is 4.71. The fraction of sp³-hybridized carbons (Fsp3) is 0.385. The van der Waals surface area contributed by atoms with E-state index >= 15 is 0 Å². The van der Waals surface area contributed by atoms with Crippen molar-refractivity contribution in [3.8, 4) is 6.07 Å². The van der Waals surface area contributed by atoms with E-state index < -0.39 is 5.92 Å². The highest BCUT2D eigenvalue weighted by atomic mass is 35.5. The van der Waals surface area contributed by atoms with Gasteiger partial charge in [0.05, 0.1) is 6.07 Å². The standard InChI is InChI=1S/C13H14Cl2N2O/c1-2-9(8-16)13(18)17-6-5-10-3-4-11(14)7-12(10)15/h3-4,7,9H,2,5-6H2,1H3,(H,17,18). The van der Waals surface area contributed by atoms with Crippen LogP contribution in [0.2, 0.25) is 10.0 Å². The predicted molar refractivity (Wildman–Crippen MR) is 72.6 cm³/mol. The van der Waals surface area contributed by atoms with Crippen LogP contribution in [0.15, 0.2) is 18.2 Å². The number of halogens is 2. The highest BCUT2D eigenvalue weighted by Crippen LogP contribution is 2.21. The molecule has 0 spiro atoms. The topological polar surface area (TPSA) is 52.9 Å². The molecule has 0 aliphatic carbocycles. The molecule has 96 valence electrons. The number of carbonyl (C=O) groups excluding carboxylic acids is 1. The van der Waals surface area contributed by atoms with E-state index in [1.54, 1.807) is 12.1 Å². The van der Waals surface area contributed by atoms with Crippen LogP contribution in [0.4, 0.5) is 0 Å². The minimum absolute atomic E-state index is 0.231. The third kappa shape index (κ3) is 4.21. The van der Waals surface area contributed by atoms with E-state index in [4.69, 9.17) is 28.5 Å². The zero-order valence-corrected chi connectivity index (χ0v) is 11.6. The van der Waals surface area contributed by atoms with Crippen LogP contribution in [0.25, 0.3) is 0 Å². The van der Waals surface area contributed by atoms with Crippen LogP contribution >= 0.6 is 23.2 Å². The molecule has 0 aliphatic heterocycles. The van der Waals surface area contributed by atoms with Gasteiger partial charge in [0, 0.05) is 16.6 Å². The first kappa shape index (κ1) is 14.8. The summed E-state index contributed by atoms with van der Waals surface area (Å²) in [5, 5.41) is 12.6. The fourth-order valence-electron chi connectivity index (χ4n) is 1.50. The Kier molecular flexibility index (Phi) is 5.97. The van der Waals surface area contributed by atoms with Crippen LogP contribution in [0, 0.1) is 17.2 Å². The Labute approximate surface area is 117 Å². The lowest BCUT2D eigenvalue weighted by Crippen LogP contribution is -2.31. The maximum absolute atomic E-state index is 11.5. The third-order valence-corrected chi connectivity index (χ3v) is 3.18. The molecule has 0 saturated carbocycles. The van der Waals surface area contributed by atoms with Crippen molar-refractivity contribution in [1.82, 2.24) is 5.32 Å². The van der Waals surface area contributed by atoms with E-state index in [-0.39, 0.29) is 5.91 Å². The van der Waals surface area contributed by atoms with Gasteiger partial charge in [0.2, 0.25) is 5.91 Å². The number of rotatable bonds is 5. The summed E-state index contributed by atoms with van der Waals surface area (Å²) in [4.78, 5) is 11.5. The lowest BCUT2D eigenvalue weighted by Gasteiger charge is -2.09. The summed E-state index contributed by atoms with van der Waals surface area (Å²) in [5.74, 6) is -0.809. The Bertz CT molecular complexity index is 469. The summed E-state index contributed by atoms with van der Waals surface area (Å²) in [6.45, 7) is 2.27. The average molecular weight is 285 g/mol. The Morgan fingerprint density at radius 3 is 2.78 bits per heavy atom. The molecule has 0 saturated heterocycles. The van der Waals surface area contributed by atoms with Crippen molar-refractivity contribution in [1.29, 1.82) is 5.26 Å². The van der Waals surface area contributed by atoms with Crippen LogP contribution < -0.4 is 5.32 Å². The lowest BCUT2D eigenvalue weighted by atomic mass is 10.1. The van der Waals surface area contributed by atoms with Gasteiger partial charge in [0.25, 0.3) is 0 Å². The molecule has 1 unspecified atom stereocenters. The summed E-state index contributed by atoms with van der Waals surface area (Å²) in [5.41, 5.74) is 0.923. The number of hydrogen-bond donors (Lipinski definition) is 1. The number of benzene rings is 1. The summed E-state index contributed by atoms with van der Waals surface area (Å²) in [6.07, 6.45) is 1.13. The van der Waals surface area contributed by atoms with Crippen molar-refractivity contribution in [3.63, 3.8) is 0 Å². The molecule has 1 atom stereocenters. The van der Waals surface area contributed by atoms with Gasteiger partial charge in [-0.05, 0) is 30.5 Å². The van der Waals surface area contributed by atoms with Gasteiger partial charge in [0.1, 0.15) is 5.92 Å². The van der Waals surface area contributed by atoms with Crippen molar-refractivity contribution in [2.45, 2.75) is 19.8 Å². The van der Waals surface area contributed by atoms with Gasteiger partial charge >= 0.3 is 0 Å². The van der Waals surface area contributed by atoms with Gasteiger partial charge in [-0.1, -0.05) is 36.2 Å². The maximum atomic E-state index is 11.5. The van der Waals surface area contributed by atoms with Crippen molar-refractivity contribution in [2.75, 3.05) is 6.54 Å². The van der Waals surface area contributed by atoms with Crippen LogP contribution in [0.3, 0.4) is 0 Å². The zero-order chi connectivity index (χ0) is 13.5. The summed E-state index contributed by atoms with van der Waals surface area (Å²) < 4.78 is 0. The first-order valence-corrected chi connectivity index (χ1v) is 6.45. The molecule has 1 aromatic carbocycles. The average Bonchev–Trinajstić information content (AvgIpc) is 2.33. The van der Waals surface area contributed by atoms with Gasteiger partial charge in [-0.15, -0.1) is 0 Å². The number of hydrogen-bond acceptors (Lipinski definition) is 2. The van der Waals surface area contributed by atoms with Crippen molar-refractivity contribution >= 4 is 29.1 Å². The van der Waals surface area contributed by atoms with Crippen molar-refractivity contribution in [3.05, 3.63) is 33.8 Å². The highest BCUT2D eigenvalue weighted by Gasteiger charge is 2.14. The molecule has 5 heteroatoms. The third-order valence-electron chi connectivity index (χ3n) is 2.59. The van der Waals surface area contributed by atoms with E-state index in [0.717, 1.165) is 5.56 Å². The number of nitrogens with zero attached hydrogens (tertiary/aromatic N) is 1. The lowest BCUT2D eigenvalue weighted by molar-refractivity contribution is -0.123. The number of nitrogens with one attached hydrogen (secondary N) is 1. The minimum atomic E-state index is -0.578. The molecule has 0 heterocycles. The van der Waals surface area contributed by atoms with E-state index in [2.05, 4.69) is 5.32 Å². The van der Waals surface area contributed by atoms with Gasteiger partial charge in [-0.25, -0.2) is 0 Å². The van der Waals surface area contributed by atoms with Crippen LogP contribution in [0.5, 0.6) is 0 Å². The van der Waals surface area contributed by atoms with E-state index in [1.807, 2.05) is 19.1 Å². The number of nitriles is 1. The Hall–Kier alpha value is -1.24. The van der Waals surface area contributed by atoms with Crippen molar-refractivity contribution < 1.29 is 4.79 Å². The van der Waals surface area contributed by atoms with Gasteiger partial charge < -0.3 is 5.32 Å². The van der Waals surface area contributed by atoms with Crippen LogP contribution in [-0.4, -0.2) is 12.5 Å². The van der Waals surface area contributed by atoms with Crippen LogP contribution in [0.1, 0.15) is 18.9 Å². The SMILES string of the molecule is CCC(C#N)C(=O)NCCc1ccc(Cl)cc1Cl. The molecule has 1 aromatic rings. The smallest absolute Gasteiger partial charge is 0.237 e. The minimum Gasteiger partial charge on any atom is -0.355 e. The molecule has 0 radical (unpaired) electrons. The quantitative estimate of drug-likeness (QED) is 0.903.